The summed E-state index contributed by atoms with van der Waals surface area (Å²) in [7, 11) is 0. The zero-order chi connectivity index (χ0) is 6.57. The Labute approximate surface area is 76.5 Å². The van der Waals surface area contributed by atoms with Crippen molar-refractivity contribution in [3.8, 4) is 6.07 Å². The average molecular weight is 135 g/mol. The van der Waals surface area contributed by atoms with Crippen molar-refractivity contribution in [2.45, 2.75) is 13.3 Å². The van der Waals surface area contributed by atoms with Crippen molar-refractivity contribution in [1.29, 1.82) is 5.26 Å². The second-order valence-electron chi connectivity index (χ2n) is 1.49. The molecule has 0 aromatic heterocycles. The molecule has 1 atom stereocenters. The van der Waals surface area contributed by atoms with Crippen molar-refractivity contribution in [1.82, 2.24) is 0 Å². The summed E-state index contributed by atoms with van der Waals surface area (Å²) in [6, 6.07) is 1.78. The third-order valence-electron chi connectivity index (χ3n) is 0.908. The molecule has 0 aliphatic rings. The molecule has 9 heavy (non-hydrogen) atoms. The van der Waals surface area contributed by atoms with E-state index in [-0.39, 0.29) is 29.6 Å². The maximum absolute atomic E-state index is 10.2. The van der Waals surface area contributed by atoms with Crippen LogP contribution in [0.1, 0.15) is 13.3 Å². The number of hydrogen-bond donors (Lipinski definition) is 1. The smallest absolute Gasteiger partial charge is 0.234 e. The minimum absolute atomic E-state index is 0. The molecule has 1 amide bonds. The number of hydrogen-bond acceptors (Lipinski definition) is 2. The Morgan fingerprint density at radius 2 is 2.33 bits per heavy atom. The van der Waals surface area contributed by atoms with Gasteiger partial charge in [-0.05, 0) is 6.42 Å². The van der Waals surface area contributed by atoms with Gasteiger partial charge in [0.1, 0.15) is 5.92 Å². The van der Waals surface area contributed by atoms with Gasteiger partial charge in [0.2, 0.25) is 5.91 Å². The Morgan fingerprint density at radius 3 is 2.33 bits per heavy atom. The van der Waals surface area contributed by atoms with Crippen LogP contribution >= 0.6 is 0 Å². The van der Waals surface area contributed by atoms with Crippen LogP contribution in [0, 0.1) is 17.2 Å². The summed E-state index contributed by atoms with van der Waals surface area (Å²) in [6.07, 6.45) is 0.506. The molecule has 1 unspecified atom stereocenters. The summed E-state index contributed by atoms with van der Waals surface area (Å²) in [5.41, 5.74) is 4.80. The predicted octanol–water partition coefficient (Wildman–Crippen LogP) is -0.359. The minimum atomic E-state index is -0.602. The molecule has 0 rings (SSSR count). The molecular formula is C5H8N2NaO. The van der Waals surface area contributed by atoms with Gasteiger partial charge in [0.05, 0.1) is 6.07 Å². The van der Waals surface area contributed by atoms with Crippen molar-refractivity contribution < 1.29 is 4.79 Å². The van der Waals surface area contributed by atoms with Gasteiger partial charge in [-0.1, -0.05) is 6.92 Å². The summed E-state index contributed by atoms with van der Waals surface area (Å²) in [6.45, 7) is 1.75. The van der Waals surface area contributed by atoms with Gasteiger partial charge in [0.25, 0.3) is 0 Å². The molecule has 2 N–H and O–H groups in total. The molecule has 0 spiro atoms. The molecule has 0 aliphatic heterocycles. The van der Waals surface area contributed by atoms with Crippen LogP contribution in [0.4, 0.5) is 0 Å². The van der Waals surface area contributed by atoms with Crippen LogP contribution in [0.25, 0.3) is 0 Å². The second kappa shape index (κ2) is 6.09. The third kappa shape index (κ3) is 4.46. The topological polar surface area (TPSA) is 66.9 Å². The zero-order valence-electron chi connectivity index (χ0n) is 5.72. The Hall–Kier alpha value is -0.0400. The molecular weight excluding hydrogens is 127 g/mol. The number of rotatable bonds is 2. The number of amides is 1. The Balaban J connectivity index is 0. The van der Waals surface area contributed by atoms with Gasteiger partial charge >= 0.3 is 0 Å². The molecule has 0 saturated carbocycles. The van der Waals surface area contributed by atoms with Crippen LogP contribution in [0.3, 0.4) is 0 Å². The normalized spacial score (nSPS) is 10.7. The van der Waals surface area contributed by atoms with E-state index in [0.29, 0.717) is 6.42 Å². The summed E-state index contributed by atoms with van der Waals surface area (Å²) < 4.78 is 0. The van der Waals surface area contributed by atoms with E-state index in [1.54, 1.807) is 13.0 Å². The Kier molecular flexibility index (Phi) is 7.92. The van der Waals surface area contributed by atoms with E-state index < -0.39 is 11.8 Å². The van der Waals surface area contributed by atoms with Gasteiger partial charge in [0.15, 0.2) is 0 Å². The number of nitriles is 1. The molecule has 0 saturated heterocycles. The van der Waals surface area contributed by atoms with Crippen molar-refractivity contribution in [3.63, 3.8) is 0 Å². The van der Waals surface area contributed by atoms with E-state index in [2.05, 4.69) is 0 Å². The molecule has 0 bridgehead atoms. The summed E-state index contributed by atoms with van der Waals surface area (Å²) >= 11 is 0. The number of nitrogens with zero attached hydrogens (tertiary/aromatic N) is 1. The Morgan fingerprint density at radius 1 is 1.89 bits per heavy atom. The second-order valence-corrected chi connectivity index (χ2v) is 1.49. The first kappa shape index (κ1) is 11.7. The van der Waals surface area contributed by atoms with Crippen LogP contribution in [0.2, 0.25) is 0 Å². The number of primary amides is 1. The van der Waals surface area contributed by atoms with E-state index >= 15 is 0 Å². The van der Waals surface area contributed by atoms with E-state index in [1.807, 2.05) is 0 Å². The largest absolute Gasteiger partial charge is 0.369 e. The van der Waals surface area contributed by atoms with E-state index in [4.69, 9.17) is 11.0 Å². The number of carbonyl (C=O) groups is 1. The minimum Gasteiger partial charge on any atom is -0.369 e. The predicted molar refractivity (Wildman–Crippen MR) is 34.3 cm³/mol. The van der Waals surface area contributed by atoms with Crippen molar-refractivity contribution in [2.24, 2.45) is 11.7 Å². The van der Waals surface area contributed by atoms with Gasteiger partial charge < -0.3 is 5.73 Å². The SMILES string of the molecule is CCC(C#N)C(N)=O.[Na]. The number of nitrogens with two attached hydrogens (primary N) is 1. The van der Waals surface area contributed by atoms with E-state index in [1.165, 1.54) is 0 Å². The molecule has 45 valence electrons. The van der Waals surface area contributed by atoms with Crippen molar-refractivity contribution in [2.75, 3.05) is 0 Å². The van der Waals surface area contributed by atoms with Gasteiger partial charge in [-0.15, -0.1) is 0 Å². The Bertz CT molecular complexity index is 129. The quantitative estimate of drug-likeness (QED) is 0.525. The first-order chi connectivity index (χ1) is 3.72. The van der Waals surface area contributed by atoms with Gasteiger partial charge in [-0.25, -0.2) is 0 Å². The monoisotopic (exact) mass is 135 g/mol. The van der Waals surface area contributed by atoms with Crippen LogP contribution < -0.4 is 5.73 Å². The molecule has 0 heterocycles. The summed E-state index contributed by atoms with van der Waals surface area (Å²) in [4.78, 5) is 10.2. The van der Waals surface area contributed by atoms with E-state index in [0.717, 1.165) is 0 Å². The maximum atomic E-state index is 10.2. The van der Waals surface area contributed by atoms with Crippen LogP contribution in [-0.2, 0) is 4.79 Å². The molecule has 1 radical (unpaired) electrons. The summed E-state index contributed by atoms with van der Waals surface area (Å²) in [5, 5.41) is 8.15. The fourth-order valence-corrected chi connectivity index (χ4v) is 0.356. The van der Waals surface area contributed by atoms with Gasteiger partial charge in [0, 0.05) is 29.6 Å². The first-order valence-corrected chi connectivity index (χ1v) is 2.41. The molecule has 0 fully saturated rings. The maximum Gasteiger partial charge on any atom is 0.234 e. The van der Waals surface area contributed by atoms with Crippen LogP contribution in [0.15, 0.2) is 0 Å². The fourth-order valence-electron chi connectivity index (χ4n) is 0.356. The molecule has 0 aliphatic carbocycles. The standard InChI is InChI=1S/C5H8N2O.Na/c1-2-4(3-6)5(7)8;/h4H,2H2,1H3,(H2,7,8);. The molecule has 3 nitrogen and oxygen atoms in total. The fraction of sp³-hybridized carbons (Fsp3) is 0.600. The number of carbonyl (C=O) groups excluding carboxylic acids is 1. The van der Waals surface area contributed by atoms with Crippen molar-refractivity contribution in [3.05, 3.63) is 0 Å². The third-order valence-corrected chi connectivity index (χ3v) is 0.908. The molecule has 4 heteroatoms. The van der Waals surface area contributed by atoms with E-state index in [9.17, 15) is 4.79 Å². The van der Waals surface area contributed by atoms with Crippen LogP contribution in [0.5, 0.6) is 0 Å². The zero-order valence-corrected chi connectivity index (χ0v) is 7.72. The summed E-state index contributed by atoms with van der Waals surface area (Å²) in [5.74, 6) is -1.13. The first-order valence-electron chi connectivity index (χ1n) is 2.41. The van der Waals surface area contributed by atoms with Crippen LogP contribution in [-0.4, -0.2) is 35.5 Å². The van der Waals surface area contributed by atoms with Gasteiger partial charge in [-0.3, -0.25) is 4.79 Å². The molecule has 0 aromatic rings. The van der Waals surface area contributed by atoms with Crippen molar-refractivity contribution >= 4 is 35.5 Å². The molecule has 0 aromatic carbocycles. The average Bonchev–Trinajstić information content (AvgIpc) is 1.69. The van der Waals surface area contributed by atoms with Gasteiger partial charge in [-0.2, -0.15) is 5.26 Å².